The van der Waals surface area contributed by atoms with Gasteiger partial charge in [0.2, 0.25) is 18.6 Å². The van der Waals surface area contributed by atoms with Crippen molar-refractivity contribution in [2.75, 3.05) is 18.2 Å². The molecule has 1 N–H and O–H groups in total. The topological polar surface area (TPSA) is 67.9 Å². The maximum atomic E-state index is 12.6. The Balaban J connectivity index is 1.42. The van der Waals surface area contributed by atoms with E-state index in [9.17, 15) is 9.59 Å². The number of nitrogens with zero attached hydrogens (tertiary/aromatic N) is 1. The molecule has 0 bridgehead atoms. The van der Waals surface area contributed by atoms with Crippen LogP contribution in [0.4, 0.5) is 5.69 Å². The molecule has 2 aliphatic heterocycles. The number of nitrogens with one attached hydrogen (secondary N) is 1. The van der Waals surface area contributed by atoms with Crippen molar-refractivity contribution in [1.29, 1.82) is 0 Å². The van der Waals surface area contributed by atoms with Crippen LogP contribution in [0.2, 0.25) is 5.02 Å². The molecule has 2 amide bonds. The van der Waals surface area contributed by atoms with E-state index in [0.717, 1.165) is 5.56 Å². The minimum Gasteiger partial charge on any atom is -0.454 e. The first kappa shape index (κ1) is 17.7. The first-order valence-corrected chi connectivity index (χ1v) is 9.15. The number of hydrogen-bond acceptors (Lipinski definition) is 4. The molecule has 0 saturated carbocycles. The minimum absolute atomic E-state index is 0.0758. The van der Waals surface area contributed by atoms with Crippen molar-refractivity contribution in [1.82, 2.24) is 5.32 Å². The molecule has 7 heteroatoms. The number of carbonyl (C=O) groups is 2. The average Bonchev–Trinajstić information content (AvgIpc) is 3.27. The number of fused-ring (bicyclic) bond motifs is 1. The van der Waals surface area contributed by atoms with Crippen LogP contribution >= 0.6 is 11.6 Å². The summed E-state index contributed by atoms with van der Waals surface area (Å²) in [5.41, 5.74) is 1.68. The second-order valence-corrected chi connectivity index (χ2v) is 7.16. The van der Waals surface area contributed by atoms with Crippen LogP contribution in [0.1, 0.15) is 24.9 Å². The summed E-state index contributed by atoms with van der Waals surface area (Å²) in [6.45, 7) is 2.44. The van der Waals surface area contributed by atoms with Crippen LogP contribution in [-0.4, -0.2) is 25.2 Å². The summed E-state index contributed by atoms with van der Waals surface area (Å²) in [7, 11) is 0. The predicted octanol–water partition coefficient (Wildman–Crippen LogP) is 3.30. The third-order valence-corrected chi connectivity index (χ3v) is 5.14. The standard InChI is InChI=1S/C20H19ClN2O4/c1-12(13-2-4-15(21)5-3-13)22-20(25)14-8-19(24)23(10-14)16-6-7-17-18(9-16)27-11-26-17/h2-7,9,12,14H,8,10-11H2,1H3,(H,22,25). The molecule has 2 aliphatic rings. The Labute approximate surface area is 162 Å². The fourth-order valence-corrected chi connectivity index (χ4v) is 3.48. The molecule has 0 radical (unpaired) electrons. The monoisotopic (exact) mass is 386 g/mol. The Morgan fingerprint density at radius 1 is 1.19 bits per heavy atom. The number of ether oxygens (including phenoxy) is 2. The van der Waals surface area contributed by atoms with Crippen LogP contribution in [0, 0.1) is 5.92 Å². The van der Waals surface area contributed by atoms with Gasteiger partial charge in [-0.05, 0) is 36.8 Å². The van der Waals surface area contributed by atoms with Gasteiger partial charge in [0, 0.05) is 29.7 Å². The summed E-state index contributed by atoms with van der Waals surface area (Å²) in [4.78, 5) is 26.7. The van der Waals surface area contributed by atoms with Crippen molar-refractivity contribution < 1.29 is 19.1 Å². The third kappa shape index (κ3) is 3.57. The lowest BCUT2D eigenvalue weighted by Crippen LogP contribution is -2.34. The van der Waals surface area contributed by atoms with Crippen molar-refractivity contribution in [3.8, 4) is 11.5 Å². The smallest absolute Gasteiger partial charge is 0.231 e. The van der Waals surface area contributed by atoms with Crippen LogP contribution in [0.25, 0.3) is 0 Å². The zero-order valence-corrected chi connectivity index (χ0v) is 15.5. The van der Waals surface area contributed by atoms with Crippen molar-refractivity contribution >= 4 is 29.1 Å². The molecule has 4 rings (SSSR count). The molecule has 6 nitrogen and oxygen atoms in total. The lowest BCUT2D eigenvalue weighted by atomic mass is 10.1. The van der Waals surface area contributed by atoms with Gasteiger partial charge in [-0.2, -0.15) is 0 Å². The summed E-state index contributed by atoms with van der Waals surface area (Å²) in [6.07, 6.45) is 0.188. The molecule has 1 saturated heterocycles. The Morgan fingerprint density at radius 2 is 1.93 bits per heavy atom. The lowest BCUT2D eigenvalue weighted by molar-refractivity contribution is -0.126. The Kier molecular flexibility index (Phi) is 4.66. The van der Waals surface area contributed by atoms with E-state index in [1.54, 1.807) is 29.2 Å². The lowest BCUT2D eigenvalue weighted by Gasteiger charge is -2.19. The van der Waals surface area contributed by atoms with E-state index < -0.39 is 5.92 Å². The van der Waals surface area contributed by atoms with Crippen LogP contribution < -0.4 is 19.7 Å². The summed E-state index contributed by atoms with van der Waals surface area (Å²) >= 11 is 5.90. The molecule has 0 aliphatic carbocycles. The summed E-state index contributed by atoms with van der Waals surface area (Å²) in [5, 5.41) is 3.64. The molecule has 1 fully saturated rings. The predicted molar refractivity (Wildman–Crippen MR) is 101 cm³/mol. The van der Waals surface area contributed by atoms with Gasteiger partial charge in [0.25, 0.3) is 0 Å². The number of benzene rings is 2. The van der Waals surface area contributed by atoms with Crippen molar-refractivity contribution in [2.24, 2.45) is 5.92 Å². The molecule has 0 aromatic heterocycles. The highest BCUT2D eigenvalue weighted by atomic mass is 35.5. The summed E-state index contributed by atoms with van der Waals surface area (Å²) in [6, 6.07) is 12.5. The van der Waals surface area contributed by atoms with E-state index in [2.05, 4.69) is 5.32 Å². The maximum Gasteiger partial charge on any atom is 0.231 e. The minimum atomic E-state index is -0.391. The van der Waals surface area contributed by atoms with Crippen LogP contribution in [0.15, 0.2) is 42.5 Å². The summed E-state index contributed by atoms with van der Waals surface area (Å²) < 4.78 is 10.7. The van der Waals surface area contributed by atoms with E-state index >= 15 is 0 Å². The first-order valence-electron chi connectivity index (χ1n) is 8.77. The quantitative estimate of drug-likeness (QED) is 0.875. The highest BCUT2D eigenvalue weighted by molar-refractivity contribution is 6.30. The average molecular weight is 387 g/mol. The molecule has 2 heterocycles. The zero-order chi connectivity index (χ0) is 19.0. The van der Waals surface area contributed by atoms with Gasteiger partial charge in [-0.3, -0.25) is 9.59 Å². The van der Waals surface area contributed by atoms with Gasteiger partial charge < -0.3 is 19.7 Å². The van der Waals surface area contributed by atoms with Gasteiger partial charge in [-0.1, -0.05) is 23.7 Å². The van der Waals surface area contributed by atoms with E-state index in [1.807, 2.05) is 25.1 Å². The molecular formula is C20H19ClN2O4. The summed E-state index contributed by atoms with van der Waals surface area (Å²) in [5.74, 6) is 0.681. The zero-order valence-electron chi connectivity index (χ0n) is 14.8. The van der Waals surface area contributed by atoms with Crippen LogP contribution in [0.3, 0.4) is 0 Å². The number of rotatable bonds is 4. The van der Waals surface area contributed by atoms with Crippen LogP contribution in [-0.2, 0) is 9.59 Å². The van der Waals surface area contributed by atoms with Crippen molar-refractivity contribution in [2.45, 2.75) is 19.4 Å². The van der Waals surface area contributed by atoms with Crippen LogP contribution in [0.5, 0.6) is 11.5 Å². The number of amides is 2. The number of carbonyl (C=O) groups excluding carboxylic acids is 2. The second-order valence-electron chi connectivity index (χ2n) is 6.72. The van der Waals surface area contributed by atoms with Crippen molar-refractivity contribution in [3.05, 3.63) is 53.1 Å². The highest BCUT2D eigenvalue weighted by Gasteiger charge is 2.36. The van der Waals surface area contributed by atoms with Gasteiger partial charge >= 0.3 is 0 Å². The maximum absolute atomic E-state index is 12.6. The van der Waals surface area contributed by atoms with E-state index in [0.29, 0.717) is 28.8 Å². The highest BCUT2D eigenvalue weighted by Crippen LogP contribution is 2.37. The second kappa shape index (κ2) is 7.12. The van der Waals surface area contributed by atoms with Gasteiger partial charge in [0.1, 0.15) is 0 Å². The molecule has 27 heavy (non-hydrogen) atoms. The van der Waals surface area contributed by atoms with Gasteiger partial charge in [-0.25, -0.2) is 0 Å². The van der Waals surface area contributed by atoms with E-state index in [-0.39, 0.29) is 31.1 Å². The molecule has 0 spiro atoms. The van der Waals surface area contributed by atoms with Crippen molar-refractivity contribution in [3.63, 3.8) is 0 Å². The Bertz CT molecular complexity index is 884. The molecule has 2 aromatic carbocycles. The van der Waals surface area contributed by atoms with Gasteiger partial charge in [0.15, 0.2) is 11.5 Å². The fourth-order valence-electron chi connectivity index (χ4n) is 3.35. The van der Waals surface area contributed by atoms with E-state index in [1.165, 1.54) is 0 Å². The molecule has 2 atom stereocenters. The van der Waals surface area contributed by atoms with Gasteiger partial charge in [0.05, 0.1) is 12.0 Å². The number of halogens is 1. The third-order valence-electron chi connectivity index (χ3n) is 4.89. The van der Waals surface area contributed by atoms with E-state index in [4.69, 9.17) is 21.1 Å². The Hall–Kier alpha value is -2.73. The first-order chi connectivity index (χ1) is 13.0. The largest absolute Gasteiger partial charge is 0.454 e. The molecule has 2 aromatic rings. The Morgan fingerprint density at radius 3 is 2.70 bits per heavy atom. The fraction of sp³-hybridized carbons (Fsp3) is 0.300. The SMILES string of the molecule is CC(NC(=O)C1CC(=O)N(c2ccc3c(c2)OCO3)C1)c1ccc(Cl)cc1. The van der Waals surface area contributed by atoms with Gasteiger partial charge in [-0.15, -0.1) is 0 Å². The molecule has 2 unspecified atom stereocenters. The molecular weight excluding hydrogens is 368 g/mol. The number of hydrogen-bond donors (Lipinski definition) is 1. The molecule has 140 valence electrons. The number of anilines is 1. The normalized spacial score (nSPS) is 19.3.